The van der Waals surface area contributed by atoms with Crippen LogP contribution in [0.3, 0.4) is 0 Å². The van der Waals surface area contributed by atoms with E-state index in [1.54, 1.807) is 10.9 Å². The SMILES string of the molecule is [C-]#[N+]N1CCC2(CC1)CC(CC#N)(n1cc(-c3nc(-c4ccn(C)n4)cn4nccc34)cn1)C2. The van der Waals surface area contributed by atoms with E-state index in [1.165, 1.54) is 0 Å². The predicted octanol–water partition coefficient (Wildman–Crippen LogP) is 3.31. The Morgan fingerprint density at radius 1 is 1.15 bits per heavy atom. The van der Waals surface area contributed by atoms with Crippen LogP contribution in [-0.2, 0) is 12.6 Å². The summed E-state index contributed by atoms with van der Waals surface area (Å²) in [4.78, 5) is 8.51. The molecule has 1 saturated carbocycles. The van der Waals surface area contributed by atoms with E-state index in [2.05, 4.69) is 21.2 Å². The lowest BCUT2D eigenvalue weighted by molar-refractivity contribution is -0.0692. The van der Waals surface area contributed by atoms with Gasteiger partial charge in [-0.3, -0.25) is 9.36 Å². The normalized spacial score (nSPS) is 18.5. The Kier molecular flexibility index (Phi) is 4.46. The first kappa shape index (κ1) is 20.4. The molecule has 0 amide bonds. The van der Waals surface area contributed by atoms with Crippen LogP contribution in [0.25, 0.3) is 33.1 Å². The van der Waals surface area contributed by atoms with Crippen molar-refractivity contribution >= 4 is 5.52 Å². The molecule has 2 aliphatic rings. The molecule has 1 spiro atoms. The van der Waals surface area contributed by atoms with Crippen LogP contribution in [0.15, 0.2) is 43.1 Å². The zero-order chi connectivity index (χ0) is 23.3. The maximum Gasteiger partial charge on any atom is 0.112 e. The van der Waals surface area contributed by atoms with E-state index in [4.69, 9.17) is 16.7 Å². The van der Waals surface area contributed by atoms with Crippen LogP contribution >= 0.6 is 0 Å². The summed E-state index contributed by atoms with van der Waals surface area (Å²) < 4.78 is 5.56. The van der Waals surface area contributed by atoms with Gasteiger partial charge in [0.05, 0.1) is 60.9 Å². The Morgan fingerprint density at radius 2 is 1.97 bits per heavy atom. The minimum atomic E-state index is -0.303. The van der Waals surface area contributed by atoms with Crippen molar-refractivity contribution in [3.63, 3.8) is 0 Å². The Bertz CT molecular complexity index is 1440. The van der Waals surface area contributed by atoms with Crippen molar-refractivity contribution in [1.29, 1.82) is 5.26 Å². The molecule has 0 bridgehead atoms. The second-order valence-corrected chi connectivity index (χ2v) is 9.65. The third-order valence-corrected chi connectivity index (χ3v) is 7.47. The van der Waals surface area contributed by atoms with Crippen molar-refractivity contribution in [2.45, 2.75) is 37.6 Å². The first-order valence-electron chi connectivity index (χ1n) is 11.4. The Balaban J connectivity index is 1.34. The van der Waals surface area contributed by atoms with E-state index in [9.17, 15) is 5.26 Å². The molecule has 1 saturated heterocycles. The van der Waals surface area contributed by atoms with Crippen LogP contribution in [0, 0.1) is 23.3 Å². The fraction of sp³-hybridized carbons (Fsp3) is 0.417. The third kappa shape index (κ3) is 3.14. The molecule has 2 fully saturated rings. The highest BCUT2D eigenvalue weighted by molar-refractivity contribution is 5.77. The van der Waals surface area contributed by atoms with Gasteiger partial charge in [0.25, 0.3) is 0 Å². The maximum atomic E-state index is 9.62. The van der Waals surface area contributed by atoms with Gasteiger partial charge in [-0.25, -0.2) is 9.50 Å². The molecule has 1 aliphatic carbocycles. The molecule has 4 aromatic heterocycles. The maximum absolute atomic E-state index is 9.62. The standard InChI is InChI=1S/C24H24N10/c1-26-32-11-6-23(7-12-32)16-24(17-23,5-8-25)34-14-18(13-28-34)22-21-3-9-27-33(21)15-20(29-22)19-4-10-31(2)30-19/h3-4,9-10,13-15H,5-7,11-12,16-17H2,2H3. The molecule has 0 atom stereocenters. The van der Waals surface area contributed by atoms with Crippen LogP contribution < -0.4 is 0 Å². The zero-order valence-corrected chi connectivity index (χ0v) is 19.0. The zero-order valence-electron chi connectivity index (χ0n) is 19.0. The first-order valence-corrected chi connectivity index (χ1v) is 11.4. The van der Waals surface area contributed by atoms with Crippen LogP contribution in [0.1, 0.15) is 32.1 Å². The number of hydrogen-bond donors (Lipinski definition) is 0. The molecule has 1 aliphatic heterocycles. The number of nitrogens with zero attached hydrogens (tertiary/aromatic N) is 10. The quantitative estimate of drug-likeness (QED) is 0.441. The van der Waals surface area contributed by atoms with Crippen molar-refractivity contribution in [3.8, 4) is 28.7 Å². The molecular formula is C24H24N10. The van der Waals surface area contributed by atoms with E-state index >= 15 is 0 Å². The second-order valence-electron chi connectivity index (χ2n) is 9.65. The molecule has 4 aromatic rings. The summed E-state index contributed by atoms with van der Waals surface area (Å²) in [5.74, 6) is 0. The van der Waals surface area contributed by atoms with Gasteiger partial charge in [-0.15, -0.1) is 5.01 Å². The highest BCUT2D eigenvalue weighted by atomic mass is 15.4. The van der Waals surface area contributed by atoms with E-state index in [0.29, 0.717) is 6.42 Å². The molecule has 6 rings (SSSR count). The number of rotatable bonds is 4. The first-order chi connectivity index (χ1) is 16.5. The van der Waals surface area contributed by atoms with Crippen molar-refractivity contribution in [2.75, 3.05) is 13.1 Å². The van der Waals surface area contributed by atoms with E-state index in [1.807, 2.05) is 58.2 Å². The summed E-state index contributed by atoms with van der Waals surface area (Å²) in [5.41, 5.74) is 4.00. The fourth-order valence-electron chi connectivity index (χ4n) is 5.80. The molecule has 0 aromatic carbocycles. The lowest BCUT2D eigenvalue weighted by atomic mass is 9.53. The van der Waals surface area contributed by atoms with Gasteiger partial charge in [0.2, 0.25) is 0 Å². The highest BCUT2D eigenvalue weighted by Crippen LogP contribution is 2.59. The average Bonchev–Trinajstić information content (AvgIpc) is 3.58. The Labute approximate surface area is 196 Å². The molecule has 170 valence electrons. The van der Waals surface area contributed by atoms with Gasteiger partial charge in [0.1, 0.15) is 11.4 Å². The fourth-order valence-corrected chi connectivity index (χ4v) is 5.80. The number of hydrogen-bond acceptors (Lipinski definition) is 6. The van der Waals surface area contributed by atoms with Crippen LogP contribution in [0.5, 0.6) is 0 Å². The third-order valence-electron chi connectivity index (χ3n) is 7.47. The van der Waals surface area contributed by atoms with Crippen molar-refractivity contribution in [1.82, 2.24) is 39.2 Å². The van der Waals surface area contributed by atoms with Gasteiger partial charge in [0.15, 0.2) is 0 Å². The highest BCUT2D eigenvalue weighted by Gasteiger charge is 2.57. The van der Waals surface area contributed by atoms with Crippen LogP contribution in [0.4, 0.5) is 0 Å². The van der Waals surface area contributed by atoms with Gasteiger partial charge in [-0.2, -0.15) is 32.1 Å². The molecule has 5 heterocycles. The minimum Gasteiger partial charge on any atom is -0.275 e. The predicted molar refractivity (Wildman–Crippen MR) is 124 cm³/mol. The van der Waals surface area contributed by atoms with Gasteiger partial charge in [-0.1, -0.05) is 0 Å². The number of fused-ring (bicyclic) bond motifs is 1. The smallest absolute Gasteiger partial charge is 0.112 e. The van der Waals surface area contributed by atoms with Crippen molar-refractivity contribution in [3.05, 3.63) is 54.6 Å². The summed E-state index contributed by atoms with van der Waals surface area (Å²) >= 11 is 0. The average molecular weight is 453 g/mol. The molecular weight excluding hydrogens is 428 g/mol. The summed E-state index contributed by atoms with van der Waals surface area (Å²) in [7, 11) is 1.88. The molecule has 0 N–H and O–H groups in total. The summed E-state index contributed by atoms with van der Waals surface area (Å²) in [6.45, 7) is 8.87. The number of aromatic nitrogens is 7. The van der Waals surface area contributed by atoms with Crippen LogP contribution in [-0.4, -0.2) is 52.3 Å². The number of piperidine rings is 1. The molecule has 0 unspecified atom stereocenters. The number of aryl methyl sites for hydroxylation is 1. The van der Waals surface area contributed by atoms with Gasteiger partial charge in [-0.05, 0) is 43.2 Å². The topological polar surface area (TPSA) is 97.2 Å². The lowest BCUT2D eigenvalue weighted by Crippen LogP contribution is -2.56. The van der Waals surface area contributed by atoms with E-state index < -0.39 is 0 Å². The molecule has 34 heavy (non-hydrogen) atoms. The Morgan fingerprint density at radius 3 is 2.68 bits per heavy atom. The molecule has 10 heteroatoms. The lowest BCUT2D eigenvalue weighted by Gasteiger charge is -2.57. The Hall–Kier alpha value is -4.18. The van der Waals surface area contributed by atoms with E-state index in [0.717, 1.165) is 66.9 Å². The summed E-state index contributed by atoms with van der Waals surface area (Å²) in [6.07, 6.45) is 13.7. The van der Waals surface area contributed by atoms with Crippen molar-refractivity contribution in [2.24, 2.45) is 12.5 Å². The van der Waals surface area contributed by atoms with Gasteiger partial charge < -0.3 is 0 Å². The molecule has 0 radical (unpaired) electrons. The molecule has 10 nitrogen and oxygen atoms in total. The monoisotopic (exact) mass is 452 g/mol. The number of nitriles is 1. The minimum absolute atomic E-state index is 0.208. The second kappa shape index (κ2) is 7.42. The van der Waals surface area contributed by atoms with Gasteiger partial charge in [0, 0.05) is 25.0 Å². The van der Waals surface area contributed by atoms with Gasteiger partial charge >= 0.3 is 0 Å². The summed E-state index contributed by atoms with van der Waals surface area (Å²) in [5, 5.41) is 25.1. The van der Waals surface area contributed by atoms with Crippen molar-refractivity contribution < 1.29 is 0 Å². The van der Waals surface area contributed by atoms with Crippen LogP contribution in [0.2, 0.25) is 0 Å². The summed E-state index contributed by atoms with van der Waals surface area (Å²) in [6, 6.07) is 6.27. The largest absolute Gasteiger partial charge is 0.275 e. The van der Waals surface area contributed by atoms with E-state index in [-0.39, 0.29) is 11.0 Å².